The van der Waals surface area contributed by atoms with Gasteiger partial charge in [0.05, 0.1) is 22.0 Å². The number of carbonyl (C=O) groups excluding carboxylic acids is 1. The molecular formula is C24H23ClF3N3O2. The van der Waals surface area contributed by atoms with Crippen LogP contribution in [0, 0.1) is 0 Å². The zero-order chi connectivity index (χ0) is 23.6. The van der Waals surface area contributed by atoms with Gasteiger partial charge in [-0.25, -0.2) is 4.68 Å². The lowest BCUT2D eigenvalue weighted by Gasteiger charge is -2.32. The molecule has 0 aliphatic heterocycles. The van der Waals surface area contributed by atoms with E-state index in [-0.39, 0.29) is 23.2 Å². The Hall–Kier alpha value is -2.84. The number of rotatable bonds is 5. The van der Waals surface area contributed by atoms with Crippen LogP contribution in [0.15, 0.2) is 54.6 Å². The quantitative estimate of drug-likeness (QED) is 0.500. The van der Waals surface area contributed by atoms with Gasteiger partial charge in [-0.2, -0.15) is 18.3 Å². The van der Waals surface area contributed by atoms with E-state index in [4.69, 9.17) is 11.6 Å². The lowest BCUT2D eigenvalue weighted by molar-refractivity contribution is -0.141. The lowest BCUT2D eigenvalue weighted by atomic mass is 9.85. The van der Waals surface area contributed by atoms with Gasteiger partial charge in [-0.3, -0.25) is 4.79 Å². The number of aliphatic hydroxyl groups is 1. The minimum atomic E-state index is -4.62. The number of nitrogens with zero attached hydrogens (tertiary/aromatic N) is 2. The van der Waals surface area contributed by atoms with E-state index in [1.165, 1.54) is 12.1 Å². The molecule has 5 nitrogen and oxygen atoms in total. The number of aromatic nitrogens is 2. The molecule has 1 aliphatic carbocycles. The first-order valence-corrected chi connectivity index (χ1v) is 11.1. The van der Waals surface area contributed by atoms with E-state index in [9.17, 15) is 23.1 Å². The van der Waals surface area contributed by atoms with Crippen LogP contribution in [0.4, 0.5) is 13.2 Å². The van der Waals surface area contributed by atoms with Gasteiger partial charge < -0.3 is 10.4 Å². The molecule has 2 aromatic carbocycles. The highest BCUT2D eigenvalue weighted by atomic mass is 35.5. The number of para-hydroxylation sites is 1. The Morgan fingerprint density at radius 2 is 1.76 bits per heavy atom. The Morgan fingerprint density at radius 1 is 1.09 bits per heavy atom. The van der Waals surface area contributed by atoms with Crippen molar-refractivity contribution in [3.8, 4) is 16.9 Å². The van der Waals surface area contributed by atoms with Crippen molar-refractivity contribution in [2.45, 2.75) is 43.9 Å². The van der Waals surface area contributed by atoms with Gasteiger partial charge in [0.15, 0.2) is 5.69 Å². The van der Waals surface area contributed by atoms with Crippen LogP contribution in [0.1, 0.15) is 48.2 Å². The Morgan fingerprint density at radius 3 is 2.39 bits per heavy atom. The molecule has 3 aromatic rings. The topological polar surface area (TPSA) is 67.2 Å². The first-order chi connectivity index (χ1) is 15.7. The Bertz CT molecular complexity index is 1140. The minimum absolute atomic E-state index is 0.168. The number of nitrogens with one attached hydrogen (secondary N) is 1. The first-order valence-electron chi connectivity index (χ1n) is 10.7. The number of carbonyl (C=O) groups is 1. The predicted molar refractivity (Wildman–Crippen MR) is 119 cm³/mol. The van der Waals surface area contributed by atoms with Crippen LogP contribution in [0.25, 0.3) is 16.9 Å². The predicted octanol–water partition coefficient (Wildman–Crippen LogP) is 5.64. The summed E-state index contributed by atoms with van der Waals surface area (Å²) in [4.78, 5) is 12.5. The molecule has 1 aliphatic rings. The molecule has 0 radical (unpaired) electrons. The van der Waals surface area contributed by atoms with E-state index in [1.54, 1.807) is 36.4 Å². The van der Waals surface area contributed by atoms with Crippen LogP contribution >= 0.6 is 11.6 Å². The molecule has 2 N–H and O–H groups in total. The molecule has 0 spiro atoms. The smallest absolute Gasteiger partial charge is 0.388 e. The van der Waals surface area contributed by atoms with Crippen molar-refractivity contribution in [1.82, 2.24) is 15.1 Å². The van der Waals surface area contributed by atoms with Crippen molar-refractivity contribution >= 4 is 17.5 Å². The number of alkyl halides is 3. The maximum Gasteiger partial charge on any atom is 0.435 e. The van der Waals surface area contributed by atoms with Gasteiger partial charge in [-0.1, -0.05) is 55.1 Å². The molecule has 9 heteroatoms. The van der Waals surface area contributed by atoms with Crippen LogP contribution in [-0.2, 0) is 6.18 Å². The largest absolute Gasteiger partial charge is 0.435 e. The fourth-order valence-corrected chi connectivity index (χ4v) is 4.27. The lowest BCUT2D eigenvalue weighted by Crippen LogP contribution is -2.44. The van der Waals surface area contributed by atoms with E-state index >= 15 is 0 Å². The molecule has 0 saturated heterocycles. The van der Waals surface area contributed by atoms with E-state index in [0.717, 1.165) is 30.0 Å². The highest BCUT2D eigenvalue weighted by Gasteiger charge is 2.35. The molecule has 1 amide bonds. The van der Waals surface area contributed by atoms with Gasteiger partial charge in [-0.15, -0.1) is 0 Å². The third-order valence-corrected chi connectivity index (χ3v) is 6.21. The van der Waals surface area contributed by atoms with Crippen molar-refractivity contribution in [1.29, 1.82) is 0 Å². The Balaban J connectivity index is 1.59. The molecule has 0 bridgehead atoms. The summed E-state index contributed by atoms with van der Waals surface area (Å²) in [5.41, 5.74) is -0.631. The van der Waals surface area contributed by atoms with E-state index in [0.29, 0.717) is 29.7 Å². The standard InChI is InChI=1S/C24H23ClF3N3O2/c25-18-6-2-3-7-19(18)31-20(14-21(30-31)24(26,27)28)16-8-10-17(11-9-16)22(32)29-15-23(33)12-4-1-5-13-23/h2-3,6-11,14,33H,1,4-5,12-13,15H2,(H,29,32). The number of halogens is 4. The second-order valence-electron chi connectivity index (χ2n) is 8.32. The molecule has 33 heavy (non-hydrogen) atoms. The van der Waals surface area contributed by atoms with Crippen LogP contribution in [0.3, 0.4) is 0 Å². The van der Waals surface area contributed by atoms with Gasteiger partial charge in [0.1, 0.15) is 0 Å². The molecule has 4 rings (SSSR count). The summed E-state index contributed by atoms with van der Waals surface area (Å²) in [5.74, 6) is -0.351. The van der Waals surface area contributed by atoms with Crippen molar-refractivity contribution < 1.29 is 23.1 Å². The number of benzene rings is 2. The number of amides is 1. The van der Waals surface area contributed by atoms with E-state index < -0.39 is 17.5 Å². The maximum absolute atomic E-state index is 13.4. The van der Waals surface area contributed by atoms with Gasteiger partial charge in [-0.05, 0) is 43.2 Å². The summed E-state index contributed by atoms with van der Waals surface area (Å²) in [6, 6.07) is 13.6. The van der Waals surface area contributed by atoms with Gasteiger partial charge in [0.25, 0.3) is 5.91 Å². The summed E-state index contributed by atoms with van der Waals surface area (Å²) < 4.78 is 41.3. The zero-order valence-electron chi connectivity index (χ0n) is 17.7. The molecule has 1 saturated carbocycles. The van der Waals surface area contributed by atoms with E-state index in [2.05, 4.69) is 10.4 Å². The molecule has 0 atom stereocenters. The van der Waals surface area contributed by atoms with Crippen LogP contribution in [0.5, 0.6) is 0 Å². The van der Waals surface area contributed by atoms with Crippen molar-refractivity contribution in [2.24, 2.45) is 0 Å². The summed E-state index contributed by atoms with van der Waals surface area (Å²) in [6.07, 6.45) is -0.376. The maximum atomic E-state index is 13.4. The fourth-order valence-electron chi connectivity index (χ4n) is 4.06. The second-order valence-corrected chi connectivity index (χ2v) is 8.73. The Kier molecular flexibility index (Phi) is 6.50. The monoisotopic (exact) mass is 477 g/mol. The minimum Gasteiger partial charge on any atom is -0.388 e. The fraction of sp³-hybridized carbons (Fsp3) is 0.333. The highest BCUT2D eigenvalue weighted by Crippen LogP contribution is 2.34. The summed E-state index contributed by atoms with van der Waals surface area (Å²) in [6.45, 7) is 0.168. The molecule has 0 unspecified atom stereocenters. The van der Waals surface area contributed by atoms with Crippen molar-refractivity contribution in [3.05, 3.63) is 70.9 Å². The van der Waals surface area contributed by atoms with Gasteiger partial charge in [0.2, 0.25) is 0 Å². The first kappa shape index (κ1) is 23.3. The van der Waals surface area contributed by atoms with Crippen molar-refractivity contribution in [3.63, 3.8) is 0 Å². The normalized spacial score (nSPS) is 15.9. The zero-order valence-corrected chi connectivity index (χ0v) is 18.5. The third kappa shape index (κ3) is 5.23. The molecule has 1 fully saturated rings. The van der Waals surface area contributed by atoms with Crippen LogP contribution in [-0.4, -0.2) is 32.9 Å². The number of hydrogen-bond donors (Lipinski definition) is 2. The van der Waals surface area contributed by atoms with E-state index in [1.807, 2.05) is 0 Å². The summed E-state index contributed by atoms with van der Waals surface area (Å²) >= 11 is 6.20. The second kappa shape index (κ2) is 9.19. The Labute approximate surface area is 194 Å². The van der Waals surface area contributed by atoms with Gasteiger partial charge >= 0.3 is 6.18 Å². The average molecular weight is 478 g/mol. The molecular weight excluding hydrogens is 455 g/mol. The van der Waals surface area contributed by atoms with Crippen molar-refractivity contribution in [2.75, 3.05) is 6.54 Å². The summed E-state index contributed by atoms with van der Waals surface area (Å²) in [7, 11) is 0. The average Bonchev–Trinajstić information content (AvgIpc) is 3.24. The summed E-state index contributed by atoms with van der Waals surface area (Å²) in [5, 5.41) is 17.3. The third-order valence-electron chi connectivity index (χ3n) is 5.89. The molecule has 1 heterocycles. The SMILES string of the molecule is O=C(NCC1(O)CCCCC1)c1ccc(-c2cc(C(F)(F)F)nn2-c2ccccc2Cl)cc1. The van der Waals surface area contributed by atoms with Crippen LogP contribution in [0.2, 0.25) is 5.02 Å². The van der Waals surface area contributed by atoms with Gasteiger partial charge in [0, 0.05) is 17.7 Å². The molecule has 1 aromatic heterocycles. The van der Waals surface area contributed by atoms with Crippen LogP contribution < -0.4 is 5.32 Å². The highest BCUT2D eigenvalue weighted by molar-refractivity contribution is 6.32. The molecule has 174 valence electrons. The number of hydrogen-bond acceptors (Lipinski definition) is 3.